The summed E-state index contributed by atoms with van der Waals surface area (Å²) in [6.07, 6.45) is 0. The molecule has 0 amide bonds. The van der Waals surface area contributed by atoms with E-state index in [-0.39, 0.29) is 0 Å². The Morgan fingerprint density at radius 3 is 1.72 bits per heavy atom. The second kappa shape index (κ2) is 6.60. The van der Waals surface area contributed by atoms with E-state index in [1.807, 2.05) is 0 Å². The van der Waals surface area contributed by atoms with Crippen molar-refractivity contribution >= 4 is 43.6 Å². The minimum atomic E-state index is 1.16. The van der Waals surface area contributed by atoms with Crippen molar-refractivity contribution in [1.29, 1.82) is 0 Å². The summed E-state index contributed by atoms with van der Waals surface area (Å²) in [6, 6.07) is 38.9. The number of para-hydroxylation sites is 3. The molecule has 2 aromatic heterocycles. The van der Waals surface area contributed by atoms with Crippen LogP contribution in [-0.4, -0.2) is 9.97 Å². The van der Waals surface area contributed by atoms with Crippen molar-refractivity contribution in [2.75, 3.05) is 0 Å². The molecule has 2 heterocycles. The number of fused-ring (bicyclic) bond motifs is 6. The fourth-order valence-corrected chi connectivity index (χ4v) is 5.14. The predicted molar refractivity (Wildman–Crippen MR) is 136 cm³/mol. The zero-order valence-electron chi connectivity index (χ0n) is 17.4. The molecular weight excluding hydrogens is 388 g/mol. The highest BCUT2D eigenvalue weighted by Gasteiger charge is 2.18. The van der Waals surface area contributed by atoms with Gasteiger partial charge in [0.25, 0.3) is 0 Å². The van der Waals surface area contributed by atoms with Crippen molar-refractivity contribution < 1.29 is 0 Å². The minimum absolute atomic E-state index is 1.16. The van der Waals surface area contributed by atoms with Gasteiger partial charge in [-0.05, 0) is 23.3 Å². The van der Waals surface area contributed by atoms with Crippen LogP contribution in [0.1, 0.15) is 0 Å². The second-order valence-electron chi connectivity index (χ2n) is 8.35. The molecule has 0 atom stereocenters. The molecule has 0 radical (unpaired) electrons. The number of H-pyrrole nitrogens is 2. The van der Waals surface area contributed by atoms with Gasteiger partial charge in [0, 0.05) is 43.7 Å². The van der Waals surface area contributed by atoms with Crippen LogP contribution in [0.4, 0.5) is 0 Å². The lowest BCUT2D eigenvalue weighted by Gasteiger charge is -2.13. The monoisotopic (exact) mass is 408 g/mol. The summed E-state index contributed by atoms with van der Waals surface area (Å²) >= 11 is 0. The van der Waals surface area contributed by atoms with Gasteiger partial charge < -0.3 is 9.97 Å². The van der Waals surface area contributed by atoms with Gasteiger partial charge in [-0.15, -0.1) is 0 Å². The first-order valence-electron chi connectivity index (χ1n) is 11.0. The van der Waals surface area contributed by atoms with Crippen molar-refractivity contribution in [3.8, 4) is 22.3 Å². The van der Waals surface area contributed by atoms with Gasteiger partial charge in [0.2, 0.25) is 0 Å². The molecule has 0 unspecified atom stereocenters. The smallest absolute Gasteiger partial charge is 0.0551 e. The van der Waals surface area contributed by atoms with Crippen molar-refractivity contribution in [3.63, 3.8) is 0 Å². The Labute approximate surface area is 185 Å². The largest absolute Gasteiger partial charge is 0.354 e. The summed E-state index contributed by atoms with van der Waals surface area (Å²) in [5.41, 5.74) is 9.59. The highest BCUT2D eigenvalue weighted by Crippen LogP contribution is 2.43. The lowest BCUT2D eigenvalue weighted by atomic mass is 9.91. The fraction of sp³-hybridized carbons (Fsp3) is 0. The summed E-state index contributed by atoms with van der Waals surface area (Å²) < 4.78 is 0. The molecule has 0 aliphatic heterocycles. The molecule has 2 N–H and O–H groups in total. The molecule has 0 saturated carbocycles. The molecule has 0 saturated heterocycles. The van der Waals surface area contributed by atoms with Crippen molar-refractivity contribution in [3.05, 3.63) is 109 Å². The standard InChI is InChI=1S/C30H20N2/c1-2-9-19(10-3-1)20-17-18-24-22-12-5-7-16-27(22)32-30(24)28(20)25-14-8-13-23-21-11-4-6-15-26(21)31-29(23)25/h1-18,31-32H. The van der Waals surface area contributed by atoms with Gasteiger partial charge >= 0.3 is 0 Å². The van der Waals surface area contributed by atoms with Crippen molar-refractivity contribution in [2.24, 2.45) is 0 Å². The van der Waals surface area contributed by atoms with Gasteiger partial charge in [0.15, 0.2) is 0 Å². The third-order valence-corrected chi connectivity index (χ3v) is 6.58. The zero-order valence-corrected chi connectivity index (χ0v) is 17.4. The number of hydrogen-bond acceptors (Lipinski definition) is 0. The SMILES string of the molecule is c1ccc(-c2ccc3c([nH]c4ccccc43)c2-c2cccc3c2[nH]c2ccccc23)cc1. The molecule has 0 aliphatic rings. The normalized spacial score (nSPS) is 11.8. The van der Waals surface area contributed by atoms with Gasteiger partial charge in [-0.3, -0.25) is 0 Å². The summed E-state index contributed by atoms with van der Waals surface area (Å²) in [7, 11) is 0. The van der Waals surface area contributed by atoms with Crippen LogP contribution >= 0.6 is 0 Å². The van der Waals surface area contributed by atoms with E-state index in [2.05, 4.69) is 119 Å². The summed E-state index contributed by atoms with van der Waals surface area (Å²) in [6.45, 7) is 0. The Morgan fingerprint density at radius 2 is 0.969 bits per heavy atom. The van der Waals surface area contributed by atoms with Crippen molar-refractivity contribution in [1.82, 2.24) is 9.97 Å². The van der Waals surface area contributed by atoms with Crippen LogP contribution < -0.4 is 0 Å². The lowest BCUT2D eigenvalue weighted by Crippen LogP contribution is -1.89. The summed E-state index contributed by atoms with van der Waals surface area (Å²) in [5, 5.41) is 5.02. The number of aromatic amines is 2. The maximum Gasteiger partial charge on any atom is 0.0551 e. The minimum Gasteiger partial charge on any atom is -0.354 e. The first-order chi connectivity index (χ1) is 15.9. The van der Waals surface area contributed by atoms with Crippen LogP contribution in [0.5, 0.6) is 0 Å². The molecule has 0 fully saturated rings. The number of nitrogens with one attached hydrogen (secondary N) is 2. The first kappa shape index (κ1) is 17.4. The van der Waals surface area contributed by atoms with Crippen LogP contribution in [0.25, 0.3) is 65.9 Å². The van der Waals surface area contributed by atoms with Crippen LogP contribution in [-0.2, 0) is 0 Å². The quantitative estimate of drug-likeness (QED) is 0.288. The molecule has 7 rings (SSSR count). The average molecular weight is 409 g/mol. The fourth-order valence-electron chi connectivity index (χ4n) is 5.14. The van der Waals surface area contributed by atoms with E-state index in [0.29, 0.717) is 0 Å². The highest BCUT2D eigenvalue weighted by atomic mass is 14.7. The maximum atomic E-state index is 3.74. The van der Waals surface area contributed by atoms with E-state index in [0.717, 1.165) is 5.52 Å². The highest BCUT2D eigenvalue weighted by molar-refractivity contribution is 6.19. The van der Waals surface area contributed by atoms with Gasteiger partial charge in [0.05, 0.1) is 11.0 Å². The number of aromatic nitrogens is 2. The number of hydrogen-bond donors (Lipinski definition) is 2. The van der Waals surface area contributed by atoms with Gasteiger partial charge in [-0.2, -0.15) is 0 Å². The van der Waals surface area contributed by atoms with E-state index >= 15 is 0 Å². The molecule has 0 spiro atoms. The molecular formula is C30H20N2. The van der Waals surface area contributed by atoms with Gasteiger partial charge in [0.1, 0.15) is 0 Å². The Hall–Kier alpha value is -4.30. The van der Waals surface area contributed by atoms with E-state index in [1.165, 1.54) is 60.3 Å². The van der Waals surface area contributed by atoms with E-state index in [1.54, 1.807) is 0 Å². The zero-order chi connectivity index (χ0) is 21.1. The Kier molecular flexibility index (Phi) is 3.58. The van der Waals surface area contributed by atoms with Gasteiger partial charge in [-0.25, -0.2) is 0 Å². The lowest BCUT2D eigenvalue weighted by molar-refractivity contribution is 1.51. The summed E-state index contributed by atoms with van der Waals surface area (Å²) in [5.74, 6) is 0. The third-order valence-electron chi connectivity index (χ3n) is 6.58. The number of rotatable bonds is 2. The Bertz CT molecular complexity index is 1770. The second-order valence-corrected chi connectivity index (χ2v) is 8.35. The molecule has 2 nitrogen and oxygen atoms in total. The molecule has 0 aliphatic carbocycles. The van der Waals surface area contributed by atoms with E-state index in [4.69, 9.17) is 0 Å². The molecule has 2 heteroatoms. The molecule has 0 bridgehead atoms. The summed E-state index contributed by atoms with van der Waals surface area (Å²) in [4.78, 5) is 7.45. The molecule has 150 valence electrons. The maximum absolute atomic E-state index is 3.74. The number of benzene rings is 5. The Balaban J connectivity index is 1.67. The molecule has 5 aromatic carbocycles. The third kappa shape index (κ3) is 2.41. The van der Waals surface area contributed by atoms with E-state index in [9.17, 15) is 0 Å². The van der Waals surface area contributed by atoms with Gasteiger partial charge in [-0.1, -0.05) is 97.1 Å². The van der Waals surface area contributed by atoms with Crippen LogP contribution in [0, 0.1) is 0 Å². The molecule has 7 aromatic rings. The average Bonchev–Trinajstić information content (AvgIpc) is 3.42. The van der Waals surface area contributed by atoms with E-state index < -0.39 is 0 Å². The van der Waals surface area contributed by atoms with Crippen molar-refractivity contribution in [2.45, 2.75) is 0 Å². The predicted octanol–water partition coefficient (Wildman–Crippen LogP) is 8.29. The molecule has 32 heavy (non-hydrogen) atoms. The van der Waals surface area contributed by atoms with Crippen LogP contribution in [0.15, 0.2) is 109 Å². The first-order valence-corrected chi connectivity index (χ1v) is 11.0. The topological polar surface area (TPSA) is 31.6 Å². The Morgan fingerprint density at radius 1 is 0.375 bits per heavy atom. The van der Waals surface area contributed by atoms with Crippen LogP contribution in [0.3, 0.4) is 0 Å². The van der Waals surface area contributed by atoms with Crippen LogP contribution in [0.2, 0.25) is 0 Å².